The molecule has 0 fully saturated rings. The fraction of sp³-hybridized carbons (Fsp3) is 0.444. The van der Waals surface area contributed by atoms with Gasteiger partial charge in [-0.2, -0.15) is 0 Å². The largest absolute Gasteiger partial charge is 0.312 e. The molecule has 0 saturated heterocycles. The van der Waals surface area contributed by atoms with E-state index in [4.69, 9.17) is 0 Å². The van der Waals surface area contributed by atoms with Gasteiger partial charge in [0.15, 0.2) is 0 Å². The lowest BCUT2D eigenvalue weighted by atomic mass is 9.93. The molecule has 108 valence electrons. The molecule has 0 aromatic heterocycles. The minimum Gasteiger partial charge on any atom is -0.312 e. The molecule has 2 rings (SSSR count). The SMILES string of the molecule is CN(C)CC(C)(C)CNCc1cccc2ccccc12. The van der Waals surface area contributed by atoms with Crippen molar-refractivity contribution in [3.05, 3.63) is 48.0 Å². The maximum atomic E-state index is 3.61. The van der Waals surface area contributed by atoms with Gasteiger partial charge >= 0.3 is 0 Å². The van der Waals surface area contributed by atoms with Gasteiger partial charge in [0.05, 0.1) is 0 Å². The van der Waals surface area contributed by atoms with Crippen molar-refractivity contribution in [1.82, 2.24) is 10.2 Å². The Labute approximate surface area is 122 Å². The van der Waals surface area contributed by atoms with E-state index in [1.54, 1.807) is 0 Å². The fourth-order valence-electron chi connectivity index (χ4n) is 2.89. The number of hydrogen-bond acceptors (Lipinski definition) is 2. The topological polar surface area (TPSA) is 15.3 Å². The monoisotopic (exact) mass is 270 g/mol. The van der Waals surface area contributed by atoms with Crippen molar-refractivity contribution < 1.29 is 0 Å². The molecule has 2 heteroatoms. The first kappa shape index (κ1) is 15.0. The molecule has 0 heterocycles. The van der Waals surface area contributed by atoms with Crippen LogP contribution in [0, 0.1) is 5.41 Å². The van der Waals surface area contributed by atoms with E-state index >= 15 is 0 Å². The standard InChI is InChI=1S/C18H26N2/c1-18(2,14-20(3)4)13-19-12-16-10-7-9-15-8-5-6-11-17(15)16/h5-11,19H,12-14H2,1-4H3. The van der Waals surface area contributed by atoms with Gasteiger partial charge in [0, 0.05) is 19.6 Å². The summed E-state index contributed by atoms with van der Waals surface area (Å²) in [6.07, 6.45) is 0. The third-order valence-corrected chi connectivity index (χ3v) is 3.54. The van der Waals surface area contributed by atoms with Crippen LogP contribution < -0.4 is 5.32 Å². The highest BCUT2D eigenvalue weighted by atomic mass is 15.1. The normalized spacial score (nSPS) is 12.2. The molecule has 0 unspecified atom stereocenters. The van der Waals surface area contributed by atoms with Crippen molar-refractivity contribution in [1.29, 1.82) is 0 Å². The lowest BCUT2D eigenvalue weighted by molar-refractivity contribution is 0.232. The van der Waals surface area contributed by atoms with Crippen molar-refractivity contribution in [3.8, 4) is 0 Å². The molecule has 20 heavy (non-hydrogen) atoms. The van der Waals surface area contributed by atoms with Crippen LogP contribution in [0.3, 0.4) is 0 Å². The number of fused-ring (bicyclic) bond motifs is 1. The van der Waals surface area contributed by atoms with Crippen LogP contribution in [0.2, 0.25) is 0 Å². The molecule has 0 spiro atoms. The Morgan fingerprint density at radius 1 is 1.00 bits per heavy atom. The maximum absolute atomic E-state index is 3.61. The van der Waals surface area contributed by atoms with Crippen molar-refractivity contribution in [2.75, 3.05) is 27.2 Å². The van der Waals surface area contributed by atoms with Crippen molar-refractivity contribution in [3.63, 3.8) is 0 Å². The van der Waals surface area contributed by atoms with Crippen LogP contribution >= 0.6 is 0 Å². The smallest absolute Gasteiger partial charge is 0.0211 e. The van der Waals surface area contributed by atoms with Gasteiger partial charge in [0.25, 0.3) is 0 Å². The minimum atomic E-state index is 0.286. The zero-order valence-corrected chi connectivity index (χ0v) is 13.1. The summed E-state index contributed by atoms with van der Waals surface area (Å²) < 4.78 is 0. The van der Waals surface area contributed by atoms with Gasteiger partial charge in [-0.1, -0.05) is 56.3 Å². The van der Waals surface area contributed by atoms with Gasteiger partial charge in [-0.05, 0) is 35.8 Å². The summed E-state index contributed by atoms with van der Waals surface area (Å²) in [5.41, 5.74) is 1.66. The number of benzene rings is 2. The molecule has 0 aliphatic heterocycles. The first-order valence-electron chi connectivity index (χ1n) is 7.30. The zero-order chi connectivity index (χ0) is 14.6. The number of rotatable bonds is 6. The molecule has 2 nitrogen and oxygen atoms in total. The highest BCUT2D eigenvalue weighted by molar-refractivity contribution is 5.85. The van der Waals surface area contributed by atoms with E-state index in [0.717, 1.165) is 19.6 Å². The first-order valence-corrected chi connectivity index (χ1v) is 7.30. The lowest BCUT2D eigenvalue weighted by Gasteiger charge is -2.28. The van der Waals surface area contributed by atoms with Gasteiger partial charge in [0.1, 0.15) is 0 Å². The number of nitrogens with one attached hydrogen (secondary N) is 1. The van der Waals surface area contributed by atoms with Crippen LogP contribution in [-0.2, 0) is 6.54 Å². The average molecular weight is 270 g/mol. The molecular weight excluding hydrogens is 244 g/mol. The molecule has 0 saturated carbocycles. The summed E-state index contributed by atoms with van der Waals surface area (Å²) >= 11 is 0. The molecule has 0 aliphatic rings. The van der Waals surface area contributed by atoms with Gasteiger partial charge in [-0.3, -0.25) is 0 Å². The quantitative estimate of drug-likeness (QED) is 0.864. The third-order valence-electron chi connectivity index (χ3n) is 3.54. The van der Waals surface area contributed by atoms with E-state index in [9.17, 15) is 0 Å². The second kappa shape index (κ2) is 6.38. The summed E-state index contributed by atoms with van der Waals surface area (Å²) in [4.78, 5) is 2.25. The van der Waals surface area contributed by atoms with Crippen molar-refractivity contribution >= 4 is 10.8 Å². The van der Waals surface area contributed by atoms with Crippen molar-refractivity contribution in [2.24, 2.45) is 5.41 Å². The van der Waals surface area contributed by atoms with E-state index in [1.807, 2.05) is 0 Å². The summed E-state index contributed by atoms with van der Waals surface area (Å²) in [7, 11) is 4.26. The highest BCUT2D eigenvalue weighted by Crippen LogP contribution is 2.19. The van der Waals surface area contributed by atoms with Crippen LogP contribution in [0.4, 0.5) is 0 Å². The summed E-state index contributed by atoms with van der Waals surface area (Å²) in [5.74, 6) is 0. The Morgan fingerprint density at radius 2 is 1.70 bits per heavy atom. The van der Waals surface area contributed by atoms with Gasteiger partial charge in [-0.15, -0.1) is 0 Å². The Balaban J connectivity index is 2.00. The van der Waals surface area contributed by atoms with Crippen LogP contribution in [0.5, 0.6) is 0 Å². The van der Waals surface area contributed by atoms with Crippen LogP contribution in [0.1, 0.15) is 19.4 Å². The van der Waals surface area contributed by atoms with Crippen molar-refractivity contribution in [2.45, 2.75) is 20.4 Å². The van der Waals surface area contributed by atoms with E-state index in [0.29, 0.717) is 0 Å². The van der Waals surface area contributed by atoms with E-state index < -0.39 is 0 Å². The molecule has 1 N–H and O–H groups in total. The molecule has 2 aromatic carbocycles. The maximum Gasteiger partial charge on any atom is 0.0211 e. The van der Waals surface area contributed by atoms with E-state index in [-0.39, 0.29) is 5.41 Å². The predicted molar refractivity (Wildman–Crippen MR) is 88.0 cm³/mol. The summed E-state index contributed by atoms with van der Waals surface area (Å²) in [6.45, 7) is 7.66. The molecule has 0 radical (unpaired) electrons. The lowest BCUT2D eigenvalue weighted by Crippen LogP contribution is -2.37. The fourth-order valence-corrected chi connectivity index (χ4v) is 2.89. The van der Waals surface area contributed by atoms with Crippen LogP contribution in [-0.4, -0.2) is 32.1 Å². The predicted octanol–water partition coefficient (Wildman–Crippen LogP) is 3.52. The molecule has 0 atom stereocenters. The minimum absolute atomic E-state index is 0.286. The van der Waals surface area contributed by atoms with Crippen LogP contribution in [0.25, 0.3) is 10.8 Å². The van der Waals surface area contributed by atoms with Crippen LogP contribution in [0.15, 0.2) is 42.5 Å². The molecular formula is C18H26N2. The second-order valence-electron chi connectivity index (χ2n) is 6.64. The van der Waals surface area contributed by atoms with Gasteiger partial charge in [-0.25, -0.2) is 0 Å². The van der Waals surface area contributed by atoms with Gasteiger partial charge in [0.2, 0.25) is 0 Å². The number of hydrogen-bond donors (Lipinski definition) is 1. The Hall–Kier alpha value is -1.38. The zero-order valence-electron chi connectivity index (χ0n) is 13.1. The first-order chi connectivity index (χ1) is 9.48. The number of nitrogens with zero attached hydrogens (tertiary/aromatic N) is 1. The highest BCUT2D eigenvalue weighted by Gasteiger charge is 2.18. The molecule has 2 aromatic rings. The Kier molecular flexibility index (Phi) is 4.79. The average Bonchev–Trinajstić information content (AvgIpc) is 2.37. The van der Waals surface area contributed by atoms with E-state index in [2.05, 4.69) is 80.6 Å². The Morgan fingerprint density at radius 3 is 2.45 bits per heavy atom. The summed E-state index contributed by atoms with van der Waals surface area (Å²) in [6, 6.07) is 15.1. The van der Waals surface area contributed by atoms with E-state index in [1.165, 1.54) is 16.3 Å². The Bertz CT molecular complexity index is 553. The third kappa shape index (κ3) is 4.06. The van der Waals surface area contributed by atoms with Gasteiger partial charge < -0.3 is 10.2 Å². The molecule has 0 amide bonds. The molecule has 0 aliphatic carbocycles. The molecule has 0 bridgehead atoms. The summed E-state index contributed by atoms with van der Waals surface area (Å²) in [5, 5.41) is 6.29. The second-order valence-corrected chi connectivity index (χ2v) is 6.64.